The monoisotopic (exact) mass is 344 g/mol. The van der Waals surface area contributed by atoms with Crippen LogP contribution in [0.1, 0.15) is 57.2 Å². The van der Waals surface area contributed by atoms with Gasteiger partial charge in [-0.1, -0.05) is 12.8 Å². The van der Waals surface area contributed by atoms with Gasteiger partial charge in [0, 0.05) is 18.3 Å². The molecule has 0 radical (unpaired) electrons. The van der Waals surface area contributed by atoms with Crippen LogP contribution in [-0.2, 0) is 4.79 Å². The van der Waals surface area contributed by atoms with Crippen molar-refractivity contribution in [3.63, 3.8) is 0 Å². The molecule has 1 aliphatic carbocycles. The highest BCUT2D eigenvalue weighted by Gasteiger charge is 2.21. The smallest absolute Gasteiger partial charge is 0.239 e. The van der Waals surface area contributed by atoms with Gasteiger partial charge in [-0.2, -0.15) is 10.2 Å². The average Bonchev–Trinajstić information content (AvgIpc) is 3.32. The molecule has 136 valence electrons. The zero-order chi connectivity index (χ0) is 17.8. The van der Waals surface area contributed by atoms with Crippen LogP contribution in [0.2, 0.25) is 0 Å². The molecular formula is C18H28N6O. The molecule has 0 aromatic carbocycles. The number of carbonyl (C=O) groups excluding carboxylic acids is 1. The molecule has 1 amide bonds. The minimum atomic E-state index is -0.0459. The molecule has 2 aromatic heterocycles. The fraction of sp³-hybridized carbons (Fsp3) is 0.611. The summed E-state index contributed by atoms with van der Waals surface area (Å²) >= 11 is 0. The van der Waals surface area contributed by atoms with Crippen molar-refractivity contribution in [2.75, 3.05) is 11.9 Å². The maximum Gasteiger partial charge on any atom is 0.239 e. The van der Waals surface area contributed by atoms with Crippen molar-refractivity contribution in [1.29, 1.82) is 0 Å². The van der Waals surface area contributed by atoms with Gasteiger partial charge >= 0.3 is 0 Å². The van der Waals surface area contributed by atoms with Crippen LogP contribution in [-0.4, -0.2) is 38.1 Å². The molecule has 2 heterocycles. The Hall–Kier alpha value is -2.15. The summed E-state index contributed by atoms with van der Waals surface area (Å²) in [5.41, 5.74) is 1.14. The number of nitrogens with zero attached hydrogens (tertiary/aromatic N) is 4. The fourth-order valence-corrected chi connectivity index (χ4v) is 3.35. The molecule has 1 aliphatic rings. The zero-order valence-corrected chi connectivity index (χ0v) is 15.3. The van der Waals surface area contributed by atoms with E-state index in [2.05, 4.69) is 34.7 Å². The van der Waals surface area contributed by atoms with E-state index in [4.69, 9.17) is 0 Å². The normalized spacial score (nSPS) is 17.6. The van der Waals surface area contributed by atoms with Gasteiger partial charge in [0.1, 0.15) is 5.82 Å². The number of nitrogens with one attached hydrogen (secondary N) is 2. The second kappa shape index (κ2) is 7.82. The summed E-state index contributed by atoms with van der Waals surface area (Å²) in [7, 11) is 0. The van der Waals surface area contributed by atoms with Gasteiger partial charge in [0.05, 0.1) is 31.0 Å². The number of hydrogen-bond donors (Lipinski definition) is 2. The van der Waals surface area contributed by atoms with Crippen LogP contribution in [0, 0.1) is 6.92 Å². The van der Waals surface area contributed by atoms with Gasteiger partial charge < -0.3 is 10.6 Å². The maximum absolute atomic E-state index is 12.3. The number of aryl methyl sites for hydroxylation is 1. The van der Waals surface area contributed by atoms with Crippen LogP contribution in [0.3, 0.4) is 0 Å². The van der Waals surface area contributed by atoms with Crippen LogP contribution in [0.5, 0.6) is 0 Å². The van der Waals surface area contributed by atoms with Crippen LogP contribution in [0.4, 0.5) is 5.82 Å². The minimum Gasteiger partial charge on any atom is -0.310 e. The molecule has 0 spiro atoms. The van der Waals surface area contributed by atoms with E-state index >= 15 is 0 Å². The van der Waals surface area contributed by atoms with E-state index in [0.717, 1.165) is 24.2 Å². The van der Waals surface area contributed by atoms with Crippen molar-refractivity contribution in [3.05, 3.63) is 30.2 Å². The SMILES string of the molecule is Cc1cnn([C@@H](C)[C@@H](C)NCC(=O)Nc2ccnn2C2CCCC2)c1. The number of hydrogen-bond acceptors (Lipinski definition) is 4. The largest absolute Gasteiger partial charge is 0.310 e. The first-order valence-corrected chi connectivity index (χ1v) is 9.12. The highest BCUT2D eigenvalue weighted by molar-refractivity contribution is 5.91. The molecule has 2 atom stereocenters. The lowest BCUT2D eigenvalue weighted by Gasteiger charge is -2.22. The van der Waals surface area contributed by atoms with Gasteiger partial charge in [0.15, 0.2) is 0 Å². The molecular weight excluding hydrogens is 316 g/mol. The van der Waals surface area contributed by atoms with Crippen LogP contribution in [0.15, 0.2) is 24.7 Å². The summed E-state index contributed by atoms with van der Waals surface area (Å²) < 4.78 is 3.89. The Morgan fingerprint density at radius 2 is 2.08 bits per heavy atom. The molecule has 0 bridgehead atoms. The van der Waals surface area contributed by atoms with Crippen LogP contribution >= 0.6 is 0 Å². The number of amides is 1. The summed E-state index contributed by atoms with van der Waals surface area (Å²) in [6.07, 6.45) is 10.4. The van der Waals surface area contributed by atoms with Gasteiger partial charge in [-0.3, -0.25) is 9.48 Å². The Bertz CT molecular complexity index is 700. The molecule has 1 fully saturated rings. The van der Waals surface area contributed by atoms with E-state index in [-0.39, 0.29) is 24.5 Å². The number of anilines is 1. The summed E-state index contributed by atoms with van der Waals surface area (Å²) in [5, 5.41) is 15.0. The predicted molar refractivity (Wildman–Crippen MR) is 97.5 cm³/mol. The molecule has 25 heavy (non-hydrogen) atoms. The molecule has 0 unspecified atom stereocenters. The van der Waals surface area contributed by atoms with Crippen molar-refractivity contribution in [1.82, 2.24) is 24.9 Å². The van der Waals surface area contributed by atoms with Gasteiger partial charge in [-0.15, -0.1) is 0 Å². The lowest BCUT2D eigenvalue weighted by atomic mass is 10.2. The lowest BCUT2D eigenvalue weighted by Crippen LogP contribution is -2.39. The predicted octanol–water partition coefficient (Wildman–Crippen LogP) is 2.68. The summed E-state index contributed by atoms with van der Waals surface area (Å²) in [6.45, 7) is 6.45. The Balaban J connectivity index is 1.50. The molecule has 7 nitrogen and oxygen atoms in total. The van der Waals surface area contributed by atoms with Crippen molar-refractivity contribution in [2.45, 2.75) is 64.6 Å². The standard InChI is InChI=1S/C18H28N6O/c1-13-10-21-23(12-13)15(3)14(2)19-11-18(25)22-17-8-9-20-24(17)16-6-4-5-7-16/h8-10,12,14-16,19H,4-7,11H2,1-3H3,(H,22,25)/t14-,15+/m1/s1. The first-order valence-electron chi connectivity index (χ1n) is 9.12. The molecule has 7 heteroatoms. The molecule has 0 saturated heterocycles. The Kier molecular flexibility index (Phi) is 5.53. The summed E-state index contributed by atoms with van der Waals surface area (Å²) in [6, 6.07) is 2.59. The van der Waals surface area contributed by atoms with Gasteiger partial charge in [0.25, 0.3) is 0 Å². The minimum absolute atomic E-state index is 0.0459. The fourth-order valence-electron chi connectivity index (χ4n) is 3.35. The van der Waals surface area contributed by atoms with E-state index in [1.54, 1.807) is 6.20 Å². The second-order valence-corrected chi connectivity index (χ2v) is 7.06. The number of aromatic nitrogens is 4. The van der Waals surface area contributed by atoms with Crippen LogP contribution in [0.25, 0.3) is 0 Å². The second-order valence-electron chi connectivity index (χ2n) is 7.06. The van der Waals surface area contributed by atoms with Gasteiger partial charge in [0.2, 0.25) is 5.91 Å². The number of rotatable bonds is 7. The Morgan fingerprint density at radius 1 is 1.32 bits per heavy atom. The summed E-state index contributed by atoms with van der Waals surface area (Å²) in [5.74, 6) is 0.748. The highest BCUT2D eigenvalue weighted by atomic mass is 16.2. The van der Waals surface area contributed by atoms with E-state index < -0.39 is 0 Å². The molecule has 1 saturated carbocycles. The van der Waals surface area contributed by atoms with Gasteiger partial charge in [-0.25, -0.2) is 4.68 Å². The third kappa shape index (κ3) is 4.28. The highest BCUT2D eigenvalue weighted by Crippen LogP contribution is 2.31. The zero-order valence-electron chi connectivity index (χ0n) is 15.3. The van der Waals surface area contributed by atoms with E-state index in [0.29, 0.717) is 6.04 Å². The summed E-state index contributed by atoms with van der Waals surface area (Å²) in [4.78, 5) is 12.3. The van der Waals surface area contributed by atoms with Crippen molar-refractivity contribution in [3.8, 4) is 0 Å². The maximum atomic E-state index is 12.3. The molecule has 3 rings (SSSR count). The van der Waals surface area contributed by atoms with Crippen molar-refractivity contribution < 1.29 is 4.79 Å². The topological polar surface area (TPSA) is 76.8 Å². The molecule has 2 aromatic rings. The molecule has 0 aliphatic heterocycles. The molecule has 2 N–H and O–H groups in total. The lowest BCUT2D eigenvalue weighted by molar-refractivity contribution is -0.115. The third-order valence-corrected chi connectivity index (χ3v) is 5.06. The number of carbonyl (C=O) groups is 1. The van der Waals surface area contributed by atoms with E-state index in [1.165, 1.54) is 12.8 Å². The quantitative estimate of drug-likeness (QED) is 0.809. The van der Waals surface area contributed by atoms with E-state index in [9.17, 15) is 4.79 Å². The first-order chi connectivity index (χ1) is 12.0. The third-order valence-electron chi connectivity index (χ3n) is 5.06. The van der Waals surface area contributed by atoms with Crippen molar-refractivity contribution in [2.24, 2.45) is 0 Å². The van der Waals surface area contributed by atoms with Gasteiger partial charge in [-0.05, 0) is 39.2 Å². The van der Waals surface area contributed by atoms with Crippen molar-refractivity contribution >= 4 is 11.7 Å². The van der Waals surface area contributed by atoms with Crippen LogP contribution < -0.4 is 10.6 Å². The average molecular weight is 344 g/mol. The first kappa shape index (κ1) is 17.7. The Labute approximate surface area is 148 Å². The Morgan fingerprint density at radius 3 is 2.76 bits per heavy atom. The van der Waals surface area contributed by atoms with E-state index in [1.807, 2.05) is 34.7 Å².